The summed E-state index contributed by atoms with van der Waals surface area (Å²) < 4.78 is 21.1. The number of carbonyl (C=O) groups is 3. The number of halogens is 2. The number of rotatable bonds is 5. The lowest BCUT2D eigenvalue weighted by molar-refractivity contribution is -0.121. The highest BCUT2D eigenvalue weighted by Gasteiger charge is 2.37. The van der Waals surface area contributed by atoms with Crippen LogP contribution in [0, 0.1) is 5.82 Å². The Bertz CT molecular complexity index is 1630. The second-order valence-electron chi connectivity index (χ2n) is 10.5. The predicted molar refractivity (Wildman–Crippen MR) is 150 cm³/mol. The topological polar surface area (TPSA) is 106 Å². The van der Waals surface area contributed by atoms with E-state index in [1.165, 1.54) is 23.2 Å². The summed E-state index contributed by atoms with van der Waals surface area (Å²) in [6.45, 7) is 5.60. The quantitative estimate of drug-likeness (QED) is 0.320. The molecule has 9 nitrogen and oxygen atoms in total. The van der Waals surface area contributed by atoms with E-state index in [4.69, 9.17) is 16.3 Å². The number of hydrogen-bond donors (Lipinski definition) is 1. The first kappa shape index (κ1) is 28.0. The largest absolute Gasteiger partial charge is 0.456 e. The van der Waals surface area contributed by atoms with Crippen molar-refractivity contribution in [1.82, 2.24) is 19.9 Å². The van der Waals surface area contributed by atoms with Crippen LogP contribution in [0.25, 0.3) is 5.69 Å². The summed E-state index contributed by atoms with van der Waals surface area (Å²) in [5.41, 5.74) is 1.77. The summed E-state index contributed by atoms with van der Waals surface area (Å²) in [5.74, 6) is -2.14. The Morgan fingerprint density at radius 1 is 1.02 bits per heavy atom. The molecule has 2 heterocycles. The van der Waals surface area contributed by atoms with Gasteiger partial charge in [-0.1, -0.05) is 47.1 Å². The number of aromatic nitrogens is 3. The lowest BCUT2D eigenvalue weighted by Gasteiger charge is -2.36. The smallest absolute Gasteiger partial charge is 0.338 e. The molecule has 41 heavy (non-hydrogen) atoms. The Labute approximate surface area is 240 Å². The van der Waals surface area contributed by atoms with Crippen LogP contribution in [0.15, 0.2) is 72.9 Å². The van der Waals surface area contributed by atoms with Gasteiger partial charge in [-0.2, -0.15) is 0 Å². The van der Waals surface area contributed by atoms with Crippen LogP contribution in [0.4, 0.5) is 10.1 Å². The number of fused-ring (bicyclic) bond motifs is 1. The summed E-state index contributed by atoms with van der Waals surface area (Å²) in [7, 11) is 0. The summed E-state index contributed by atoms with van der Waals surface area (Å²) in [6.07, 6.45) is 1.84. The normalized spacial score (nSPS) is 14.8. The monoisotopic (exact) mass is 575 g/mol. The van der Waals surface area contributed by atoms with Crippen molar-refractivity contribution in [1.29, 1.82) is 0 Å². The minimum Gasteiger partial charge on any atom is -0.456 e. The van der Waals surface area contributed by atoms with Crippen LogP contribution >= 0.6 is 11.6 Å². The SMILES string of the molecule is CC(C)(C)OC(=O)c1ccc(NC(=O)[C@@H]2c3ccccc3CCN2C(=O)c2cn(-c3cccc(Cl)c3F)nn2)cc1. The van der Waals surface area contributed by atoms with Crippen molar-refractivity contribution >= 4 is 35.1 Å². The first-order valence-electron chi connectivity index (χ1n) is 12.9. The molecule has 5 rings (SSSR count). The fraction of sp³-hybridized carbons (Fsp3) is 0.233. The summed E-state index contributed by atoms with van der Waals surface area (Å²) in [6, 6.07) is 17.2. The van der Waals surface area contributed by atoms with E-state index in [1.54, 1.807) is 57.2 Å². The molecular weight excluding hydrogens is 549 g/mol. The number of ether oxygens (including phenoxy) is 1. The fourth-order valence-corrected chi connectivity index (χ4v) is 4.77. The molecule has 0 saturated carbocycles. The maximum Gasteiger partial charge on any atom is 0.338 e. The van der Waals surface area contributed by atoms with Gasteiger partial charge in [0.2, 0.25) is 0 Å². The van der Waals surface area contributed by atoms with Gasteiger partial charge in [0, 0.05) is 12.2 Å². The molecule has 1 N–H and O–H groups in total. The van der Waals surface area contributed by atoms with Crippen molar-refractivity contribution in [3.05, 3.63) is 106 Å². The van der Waals surface area contributed by atoms with E-state index in [9.17, 15) is 18.8 Å². The van der Waals surface area contributed by atoms with Gasteiger partial charge in [0.15, 0.2) is 11.5 Å². The molecule has 2 amide bonds. The Balaban J connectivity index is 1.40. The third-order valence-electron chi connectivity index (χ3n) is 6.47. The van der Waals surface area contributed by atoms with Gasteiger partial charge in [-0.25, -0.2) is 13.9 Å². The number of hydrogen-bond acceptors (Lipinski definition) is 6. The van der Waals surface area contributed by atoms with Gasteiger partial charge in [0.25, 0.3) is 11.8 Å². The lowest BCUT2D eigenvalue weighted by Crippen LogP contribution is -2.45. The highest BCUT2D eigenvalue weighted by Crippen LogP contribution is 2.32. The Morgan fingerprint density at radius 2 is 1.76 bits per heavy atom. The maximum atomic E-state index is 14.5. The minimum atomic E-state index is -0.967. The van der Waals surface area contributed by atoms with Crippen molar-refractivity contribution in [2.75, 3.05) is 11.9 Å². The fourth-order valence-electron chi connectivity index (χ4n) is 4.60. The number of nitrogens with zero attached hydrogens (tertiary/aromatic N) is 4. The summed E-state index contributed by atoms with van der Waals surface area (Å²) in [5, 5.41) is 10.6. The molecule has 0 saturated heterocycles. The maximum absolute atomic E-state index is 14.5. The molecule has 1 aromatic heterocycles. The molecular formula is C30H27ClFN5O4. The molecule has 1 atom stereocenters. The van der Waals surface area contributed by atoms with E-state index in [0.717, 1.165) is 10.2 Å². The van der Waals surface area contributed by atoms with Crippen LogP contribution in [-0.2, 0) is 16.0 Å². The third-order valence-corrected chi connectivity index (χ3v) is 6.76. The van der Waals surface area contributed by atoms with Gasteiger partial charge in [0.1, 0.15) is 17.3 Å². The Hall–Kier alpha value is -4.57. The summed E-state index contributed by atoms with van der Waals surface area (Å²) in [4.78, 5) is 41.1. The standard InChI is InChI=1S/C30H27ClFN5O4/c1-30(2,3)41-29(40)19-11-13-20(14-12-19)33-27(38)26-21-8-5-4-7-18(21)15-16-36(26)28(39)23-17-37(35-34-23)24-10-6-9-22(31)25(24)32/h4-14,17,26H,15-16H2,1-3H3,(H,33,38)/t26-/m0/s1. The van der Waals surface area contributed by atoms with Crippen LogP contribution < -0.4 is 5.32 Å². The van der Waals surface area contributed by atoms with Crippen molar-refractivity contribution in [2.45, 2.75) is 38.8 Å². The number of carbonyl (C=O) groups excluding carboxylic acids is 3. The zero-order chi connectivity index (χ0) is 29.3. The molecule has 4 aromatic rings. The van der Waals surface area contributed by atoms with Crippen LogP contribution in [0.5, 0.6) is 0 Å². The van der Waals surface area contributed by atoms with Crippen molar-refractivity contribution in [2.24, 2.45) is 0 Å². The number of benzene rings is 3. The second kappa shape index (κ2) is 11.1. The van der Waals surface area contributed by atoms with E-state index in [0.29, 0.717) is 23.2 Å². The van der Waals surface area contributed by atoms with Crippen LogP contribution in [0.3, 0.4) is 0 Å². The zero-order valence-electron chi connectivity index (χ0n) is 22.6. The molecule has 210 valence electrons. The molecule has 0 spiro atoms. The van der Waals surface area contributed by atoms with Crippen LogP contribution in [0.2, 0.25) is 5.02 Å². The molecule has 3 aromatic carbocycles. The zero-order valence-corrected chi connectivity index (χ0v) is 23.4. The highest BCUT2D eigenvalue weighted by molar-refractivity contribution is 6.30. The molecule has 1 aliphatic rings. The molecule has 11 heteroatoms. The molecule has 0 fully saturated rings. The van der Waals surface area contributed by atoms with Gasteiger partial charge in [-0.05, 0) is 74.7 Å². The average molecular weight is 576 g/mol. The van der Waals surface area contributed by atoms with Crippen molar-refractivity contribution < 1.29 is 23.5 Å². The molecule has 0 bridgehead atoms. The molecule has 0 aliphatic carbocycles. The average Bonchev–Trinajstić information content (AvgIpc) is 3.43. The van der Waals surface area contributed by atoms with E-state index in [1.807, 2.05) is 18.2 Å². The third kappa shape index (κ3) is 5.97. The van der Waals surface area contributed by atoms with Crippen LogP contribution in [0.1, 0.15) is 58.8 Å². The van der Waals surface area contributed by atoms with Gasteiger partial charge in [-0.3, -0.25) is 9.59 Å². The van der Waals surface area contributed by atoms with E-state index >= 15 is 0 Å². The lowest BCUT2D eigenvalue weighted by atomic mass is 9.91. The first-order valence-corrected chi connectivity index (χ1v) is 13.3. The Morgan fingerprint density at radius 3 is 2.49 bits per heavy atom. The second-order valence-corrected chi connectivity index (χ2v) is 10.9. The number of anilines is 1. The van der Waals surface area contributed by atoms with Crippen molar-refractivity contribution in [3.63, 3.8) is 0 Å². The van der Waals surface area contributed by atoms with Gasteiger partial charge < -0.3 is 15.0 Å². The van der Waals surface area contributed by atoms with Crippen LogP contribution in [-0.4, -0.2) is 49.8 Å². The number of esters is 1. The summed E-state index contributed by atoms with van der Waals surface area (Å²) >= 11 is 5.89. The predicted octanol–water partition coefficient (Wildman–Crippen LogP) is 5.39. The van der Waals surface area contributed by atoms with E-state index in [2.05, 4.69) is 15.6 Å². The number of amides is 2. The van der Waals surface area contributed by atoms with Crippen molar-refractivity contribution in [3.8, 4) is 5.69 Å². The van der Waals surface area contributed by atoms with E-state index < -0.39 is 35.2 Å². The van der Waals surface area contributed by atoms with Gasteiger partial charge >= 0.3 is 5.97 Å². The molecule has 1 aliphatic heterocycles. The van der Waals surface area contributed by atoms with Gasteiger partial charge in [0.05, 0.1) is 16.8 Å². The molecule has 0 radical (unpaired) electrons. The number of nitrogens with one attached hydrogen (secondary N) is 1. The Kier molecular flexibility index (Phi) is 7.59. The van der Waals surface area contributed by atoms with E-state index in [-0.39, 0.29) is 22.9 Å². The van der Waals surface area contributed by atoms with Gasteiger partial charge in [-0.15, -0.1) is 5.10 Å². The highest BCUT2D eigenvalue weighted by atomic mass is 35.5. The first-order chi connectivity index (χ1) is 19.5. The molecule has 0 unspecified atom stereocenters. The minimum absolute atomic E-state index is 0.0390.